The largest absolute Gasteiger partial charge is 0.456 e. The van der Waals surface area contributed by atoms with E-state index >= 15 is 0 Å². The summed E-state index contributed by atoms with van der Waals surface area (Å²) in [5.74, 6) is 0. The zero-order chi connectivity index (χ0) is 44.4. The van der Waals surface area contributed by atoms with Gasteiger partial charge in [0.2, 0.25) is 0 Å². The average Bonchev–Trinajstić information content (AvgIpc) is 3.89. The Balaban J connectivity index is 1.27. The van der Waals surface area contributed by atoms with Crippen molar-refractivity contribution in [1.82, 2.24) is 0 Å². The molecular weight excluding hydrogens is 796 g/mol. The summed E-state index contributed by atoms with van der Waals surface area (Å²) in [6, 6.07) is 51.2. The molecule has 0 fully saturated rings. The Labute approximate surface area is 382 Å². The molecule has 9 aromatic rings. The van der Waals surface area contributed by atoms with Crippen LogP contribution in [0.4, 0.5) is 28.4 Å². The molecule has 316 valence electrons. The SMILES string of the molecule is CC(C)(C)c1ccc(N2B3c4sc5ccc(C(C)(C)C)cc5c4N(c4ccc(C(C)(C)C)cc4)c4cc5c(c(c43)-c3cc4c(cc32)oc2ccccc24)C(C)(C)c2ccccc2-5)cc1. The summed E-state index contributed by atoms with van der Waals surface area (Å²) in [5.41, 5.74) is 21.1. The van der Waals surface area contributed by atoms with Gasteiger partial charge in [0.25, 0.3) is 0 Å². The number of anilines is 5. The van der Waals surface area contributed by atoms with Crippen molar-refractivity contribution in [3.05, 3.63) is 161 Å². The average molecular weight is 851 g/mol. The molecule has 5 heteroatoms. The van der Waals surface area contributed by atoms with Crippen molar-refractivity contribution in [1.29, 1.82) is 0 Å². The van der Waals surface area contributed by atoms with Gasteiger partial charge >= 0.3 is 6.85 Å². The van der Waals surface area contributed by atoms with Gasteiger partial charge in [-0.3, -0.25) is 0 Å². The third kappa shape index (κ3) is 5.52. The predicted molar refractivity (Wildman–Crippen MR) is 276 cm³/mol. The fraction of sp³-hybridized carbons (Fsp3) is 0.254. The van der Waals surface area contributed by atoms with Gasteiger partial charge in [0, 0.05) is 65.4 Å². The quantitative estimate of drug-likeness (QED) is 0.162. The topological polar surface area (TPSA) is 19.6 Å². The van der Waals surface area contributed by atoms with Crippen LogP contribution in [0.1, 0.15) is 104 Å². The Morgan fingerprint density at radius 1 is 0.531 bits per heavy atom. The van der Waals surface area contributed by atoms with E-state index < -0.39 is 0 Å². The predicted octanol–water partition coefficient (Wildman–Crippen LogP) is 15.7. The number of nitrogens with zero attached hydrogens (tertiary/aromatic N) is 2. The van der Waals surface area contributed by atoms with Crippen LogP contribution in [0.5, 0.6) is 0 Å². The van der Waals surface area contributed by atoms with Crippen LogP contribution in [0.2, 0.25) is 0 Å². The number of para-hydroxylation sites is 1. The van der Waals surface area contributed by atoms with Crippen LogP contribution in [-0.2, 0) is 21.7 Å². The molecule has 1 aliphatic carbocycles. The molecule has 64 heavy (non-hydrogen) atoms. The number of hydrogen-bond donors (Lipinski definition) is 0. The molecule has 0 atom stereocenters. The lowest BCUT2D eigenvalue weighted by atomic mass is 9.45. The van der Waals surface area contributed by atoms with Crippen LogP contribution in [0, 0.1) is 0 Å². The van der Waals surface area contributed by atoms with Gasteiger partial charge in [-0.25, -0.2) is 0 Å². The van der Waals surface area contributed by atoms with Crippen LogP contribution in [0.25, 0.3) is 54.3 Å². The van der Waals surface area contributed by atoms with Crippen LogP contribution >= 0.6 is 11.3 Å². The van der Waals surface area contributed by atoms with E-state index in [4.69, 9.17) is 4.42 Å². The van der Waals surface area contributed by atoms with Crippen LogP contribution in [0.15, 0.2) is 138 Å². The first-order chi connectivity index (χ1) is 30.4. The summed E-state index contributed by atoms with van der Waals surface area (Å²) < 4.78 is 9.45. The maximum atomic E-state index is 6.78. The lowest BCUT2D eigenvalue weighted by molar-refractivity contribution is 0.590. The molecule has 12 rings (SSSR count). The van der Waals surface area contributed by atoms with Crippen LogP contribution < -0.4 is 20.0 Å². The van der Waals surface area contributed by atoms with Gasteiger partial charge in [0.05, 0.1) is 5.69 Å². The van der Waals surface area contributed by atoms with E-state index in [0.29, 0.717) is 0 Å². The molecule has 0 N–H and O–H groups in total. The van der Waals surface area contributed by atoms with Crippen molar-refractivity contribution in [2.45, 2.75) is 97.8 Å². The van der Waals surface area contributed by atoms with Gasteiger partial charge in [0.1, 0.15) is 11.2 Å². The Bertz CT molecular complexity index is 3420. The summed E-state index contributed by atoms with van der Waals surface area (Å²) in [6.45, 7) is 25.6. The van der Waals surface area contributed by atoms with Gasteiger partial charge < -0.3 is 14.1 Å². The van der Waals surface area contributed by atoms with Crippen molar-refractivity contribution in [3.63, 3.8) is 0 Å². The van der Waals surface area contributed by atoms with E-state index in [1.807, 2.05) is 11.3 Å². The Hall–Kier alpha value is -6.04. The molecule has 3 nitrogen and oxygen atoms in total. The highest BCUT2D eigenvalue weighted by atomic mass is 32.1. The number of benzene rings is 7. The van der Waals surface area contributed by atoms with Gasteiger partial charge in [-0.2, -0.15) is 0 Å². The van der Waals surface area contributed by atoms with E-state index in [1.54, 1.807) is 0 Å². The fourth-order valence-corrected chi connectivity index (χ4v) is 12.5. The molecule has 0 bridgehead atoms. The Morgan fingerprint density at radius 3 is 1.84 bits per heavy atom. The molecule has 2 aromatic heterocycles. The summed E-state index contributed by atoms with van der Waals surface area (Å²) in [5, 5.41) is 3.61. The molecule has 0 saturated carbocycles. The highest BCUT2D eigenvalue weighted by Gasteiger charge is 2.51. The van der Waals surface area contributed by atoms with Gasteiger partial charge in [0.15, 0.2) is 0 Å². The number of rotatable bonds is 2. The molecular formula is C59H55BN2OS. The number of fused-ring (bicyclic) bond motifs is 13. The second-order valence-electron chi connectivity index (χ2n) is 22.2. The molecule has 3 aliphatic rings. The molecule has 0 saturated heterocycles. The van der Waals surface area contributed by atoms with Crippen molar-refractivity contribution in [3.8, 4) is 22.3 Å². The Morgan fingerprint density at radius 2 is 1.16 bits per heavy atom. The second kappa shape index (κ2) is 13.0. The molecule has 0 spiro atoms. The van der Waals surface area contributed by atoms with Crippen molar-refractivity contribution >= 4 is 88.9 Å². The zero-order valence-corrected chi connectivity index (χ0v) is 39.8. The zero-order valence-electron chi connectivity index (χ0n) is 39.0. The third-order valence-corrected chi connectivity index (χ3v) is 15.9. The van der Waals surface area contributed by atoms with E-state index in [9.17, 15) is 0 Å². The van der Waals surface area contributed by atoms with Crippen molar-refractivity contribution < 1.29 is 4.42 Å². The van der Waals surface area contributed by atoms with E-state index in [-0.39, 0.29) is 28.5 Å². The maximum Gasteiger partial charge on any atom is 0.343 e. The first-order valence-electron chi connectivity index (χ1n) is 23.0. The van der Waals surface area contributed by atoms with Crippen molar-refractivity contribution in [2.75, 3.05) is 9.71 Å². The minimum absolute atomic E-state index is 0.0133. The first-order valence-corrected chi connectivity index (χ1v) is 23.9. The lowest BCUT2D eigenvalue weighted by Gasteiger charge is -2.46. The summed E-state index contributed by atoms with van der Waals surface area (Å²) in [4.78, 5) is 5.31. The molecule has 2 aliphatic heterocycles. The lowest BCUT2D eigenvalue weighted by Crippen LogP contribution is -2.61. The van der Waals surface area contributed by atoms with Crippen LogP contribution in [-0.4, -0.2) is 6.85 Å². The monoisotopic (exact) mass is 850 g/mol. The fourth-order valence-electron chi connectivity index (χ4n) is 11.3. The minimum Gasteiger partial charge on any atom is -0.456 e. The Kier molecular flexibility index (Phi) is 8.06. The van der Waals surface area contributed by atoms with Gasteiger partial charge in [-0.1, -0.05) is 149 Å². The molecule has 0 amide bonds. The first kappa shape index (κ1) is 39.5. The third-order valence-electron chi connectivity index (χ3n) is 14.7. The van der Waals surface area contributed by atoms with Crippen molar-refractivity contribution in [2.24, 2.45) is 0 Å². The molecule has 0 radical (unpaired) electrons. The van der Waals surface area contributed by atoms with Gasteiger partial charge in [-0.05, 0) is 121 Å². The van der Waals surface area contributed by atoms with E-state index in [1.165, 1.54) is 98.8 Å². The van der Waals surface area contributed by atoms with E-state index in [0.717, 1.165) is 21.9 Å². The number of hydrogen-bond acceptors (Lipinski definition) is 4. The highest BCUT2D eigenvalue weighted by Crippen LogP contribution is 2.59. The molecule has 4 heterocycles. The standard InChI is InChI=1S/C59H55BN2OS/c1-56(2,3)34-20-25-37(26-21-34)61-47-32-42-39-16-12-14-18-45(39)59(10,11)52(42)51-43-31-41-40-17-13-15-19-48(40)63-49(41)33-46(43)62(38-27-22-35(23-28-38)57(4,5)6)60(53(47)51)55-54(61)44-30-36(58(7,8)9)24-29-50(44)64-55/h12-33H,1-11H3. The van der Waals surface area contributed by atoms with E-state index in [2.05, 4.69) is 219 Å². The summed E-state index contributed by atoms with van der Waals surface area (Å²) >= 11 is 1.97. The minimum atomic E-state index is -0.247. The normalized spacial score (nSPS) is 15.1. The van der Waals surface area contributed by atoms with Gasteiger partial charge in [-0.15, -0.1) is 11.3 Å². The second-order valence-corrected chi connectivity index (χ2v) is 23.3. The maximum absolute atomic E-state index is 6.78. The summed E-state index contributed by atoms with van der Waals surface area (Å²) in [6.07, 6.45) is 0. The smallest absolute Gasteiger partial charge is 0.343 e. The molecule has 7 aromatic carbocycles. The highest BCUT2D eigenvalue weighted by molar-refractivity contribution is 7.32. The number of furan rings is 1. The molecule has 0 unspecified atom stereocenters. The summed E-state index contributed by atoms with van der Waals surface area (Å²) in [7, 11) is 0. The van der Waals surface area contributed by atoms with Crippen LogP contribution in [0.3, 0.4) is 0 Å². The number of thiophene rings is 1.